The van der Waals surface area contributed by atoms with Crippen molar-refractivity contribution in [3.63, 3.8) is 0 Å². The summed E-state index contributed by atoms with van der Waals surface area (Å²) in [4.78, 5) is 2.17. The Bertz CT molecular complexity index is 369. The zero-order chi connectivity index (χ0) is 11.5. The van der Waals surface area contributed by atoms with Crippen LogP contribution in [0.2, 0.25) is 0 Å². The van der Waals surface area contributed by atoms with Crippen molar-refractivity contribution in [2.45, 2.75) is 0 Å². The molecule has 0 aliphatic carbocycles. The molecule has 1 aromatic rings. The molecule has 16 heavy (non-hydrogen) atoms. The van der Waals surface area contributed by atoms with Crippen LogP contribution in [-0.2, 0) is 4.74 Å². The first kappa shape index (κ1) is 11.9. The predicted octanol–water partition coefficient (Wildman–Crippen LogP) is -0.0345. The van der Waals surface area contributed by atoms with Crippen molar-refractivity contribution in [2.75, 3.05) is 31.2 Å². The van der Waals surface area contributed by atoms with Crippen LogP contribution in [0.3, 0.4) is 0 Å². The largest absolute Gasteiger partial charge is 0.488 e. The molecule has 0 atom stereocenters. The van der Waals surface area contributed by atoms with Crippen LogP contribution >= 0.6 is 15.9 Å². The first-order chi connectivity index (χ1) is 7.66. The summed E-state index contributed by atoms with van der Waals surface area (Å²) in [6.45, 7) is 3.09. The highest BCUT2D eigenvalue weighted by Gasteiger charge is 2.16. The van der Waals surface area contributed by atoms with Gasteiger partial charge in [-0.1, -0.05) is 15.9 Å². The number of ether oxygens (including phenoxy) is 1. The maximum absolute atomic E-state index is 9.16. The first-order valence-corrected chi connectivity index (χ1v) is 5.95. The summed E-state index contributed by atoms with van der Waals surface area (Å²) in [5, 5.41) is 18.3. The van der Waals surface area contributed by atoms with Crippen LogP contribution in [-0.4, -0.2) is 43.5 Å². The smallest absolute Gasteiger partial charge is 0.423 e. The molecular weight excluding hydrogens is 273 g/mol. The van der Waals surface area contributed by atoms with E-state index in [4.69, 9.17) is 14.8 Å². The zero-order valence-electron chi connectivity index (χ0n) is 8.77. The Morgan fingerprint density at radius 1 is 1.19 bits per heavy atom. The molecule has 1 aliphatic heterocycles. The van der Waals surface area contributed by atoms with Crippen molar-refractivity contribution in [1.29, 1.82) is 0 Å². The number of nitrogens with zero attached hydrogens (tertiary/aromatic N) is 1. The quantitative estimate of drug-likeness (QED) is 0.749. The van der Waals surface area contributed by atoms with E-state index in [1.807, 2.05) is 6.07 Å². The molecule has 1 saturated heterocycles. The van der Waals surface area contributed by atoms with Gasteiger partial charge in [-0.05, 0) is 23.7 Å². The van der Waals surface area contributed by atoms with E-state index in [2.05, 4.69) is 20.8 Å². The Kier molecular flexibility index (Phi) is 3.86. The van der Waals surface area contributed by atoms with Gasteiger partial charge in [0.05, 0.1) is 13.2 Å². The van der Waals surface area contributed by atoms with Crippen LogP contribution in [0, 0.1) is 0 Å². The van der Waals surface area contributed by atoms with E-state index >= 15 is 0 Å². The van der Waals surface area contributed by atoms with Gasteiger partial charge >= 0.3 is 7.12 Å². The average Bonchev–Trinajstić information content (AvgIpc) is 2.29. The van der Waals surface area contributed by atoms with E-state index in [1.54, 1.807) is 12.1 Å². The number of hydrogen-bond acceptors (Lipinski definition) is 4. The first-order valence-electron chi connectivity index (χ1n) is 5.16. The summed E-state index contributed by atoms with van der Waals surface area (Å²) >= 11 is 3.37. The highest BCUT2D eigenvalue weighted by Crippen LogP contribution is 2.19. The zero-order valence-corrected chi connectivity index (χ0v) is 10.4. The van der Waals surface area contributed by atoms with Gasteiger partial charge in [-0.3, -0.25) is 0 Å². The second-order valence-corrected chi connectivity index (χ2v) is 4.63. The lowest BCUT2D eigenvalue weighted by Crippen LogP contribution is -2.37. The lowest BCUT2D eigenvalue weighted by atomic mass is 9.80. The van der Waals surface area contributed by atoms with Gasteiger partial charge in [0.25, 0.3) is 0 Å². The summed E-state index contributed by atoms with van der Waals surface area (Å²) in [6, 6.07) is 5.46. The Morgan fingerprint density at radius 3 is 2.50 bits per heavy atom. The third-order valence-electron chi connectivity index (χ3n) is 2.58. The van der Waals surface area contributed by atoms with E-state index in [1.165, 1.54) is 0 Å². The van der Waals surface area contributed by atoms with Crippen LogP contribution in [0.5, 0.6) is 0 Å². The summed E-state index contributed by atoms with van der Waals surface area (Å²) in [7, 11) is -1.43. The van der Waals surface area contributed by atoms with Crippen molar-refractivity contribution in [3.8, 4) is 0 Å². The minimum absolute atomic E-state index is 0.496. The molecule has 1 aliphatic rings. The number of halogens is 1. The number of hydrogen-bond donors (Lipinski definition) is 2. The minimum Gasteiger partial charge on any atom is -0.423 e. The SMILES string of the molecule is OB(O)c1cc(Br)cc(N2CCOCC2)c1. The number of anilines is 1. The van der Waals surface area contributed by atoms with Crippen LogP contribution in [0.1, 0.15) is 0 Å². The van der Waals surface area contributed by atoms with E-state index in [9.17, 15) is 0 Å². The second kappa shape index (κ2) is 5.18. The average molecular weight is 286 g/mol. The topological polar surface area (TPSA) is 52.9 Å². The lowest BCUT2D eigenvalue weighted by molar-refractivity contribution is 0.122. The molecule has 0 spiro atoms. The number of morpholine rings is 1. The van der Waals surface area contributed by atoms with Gasteiger partial charge in [0.2, 0.25) is 0 Å². The van der Waals surface area contributed by atoms with Gasteiger partial charge in [0, 0.05) is 23.2 Å². The van der Waals surface area contributed by atoms with Crippen molar-refractivity contribution in [1.82, 2.24) is 0 Å². The number of rotatable bonds is 2. The third kappa shape index (κ3) is 2.76. The Balaban J connectivity index is 2.25. The summed E-state index contributed by atoms with van der Waals surface area (Å²) < 4.78 is 6.12. The molecule has 1 heterocycles. The van der Waals surface area contributed by atoms with Crippen molar-refractivity contribution in [2.24, 2.45) is 0 Å². The molecule has 0 unspecified atom stereocenters. The maximum atomic E-state index is 9.16. The van der Waals surface area contributed by atoms with Gasteiger partial charge in [-0.25, -0.2) is 0 Å². The molecule has 0 radical (unpaired) electrons. The monoisotopic (exact) mass is 285 g/mol. The molecule has 4 nitrogen and oxygen atoms in total. The highest BCUT2D eigenvalue weighted by atomic mass is 79.9. The Hall–Kier alpha value is -0.555. The fourth-order valence-electron chi connectivity index (χ4n) is 1.75. The molecule has 0 saturated carbocycles. The Labute approximate surface area is 103 Å². The molecule has 1 fully saturated rings. The van der Waals surface area contributed by atoms with E-state index < -0.39 is 7.12 Å². The van der Waals surface area contributed by atoms with E-state index in [0.29, 0.717) is 18.7 Å². The molecule has 0 bridgehead atoms. The molecule has 0 amide bonds. The molecule has 86 valence electrons. The fraction of sp³-hybridized carbons (Fsp3) is 0.400. The van der Waals surface area contributed by atoms with E-state index in [-0.39, 0.29) is 0 Å². The third-order valence-corrected chi connectivity index (χ3v) is 3.04. The van der Waals surface area contributed by atoms with Gasteiger partial charge in [-0.15, -0.1) is 0 Å². The van der Waals surface area contributed by atoms with Crippen molar-refractivity contribution >= 4 is 34.2 Å². The lowest BCUT2D eigenvalue weighted by Gasteiger charge is -2.29. The highest BCUT2D eigenvalue weighted by molar-refractivity contribution is 9.10. The second-order valence-electron chi connectivity index (χ2n) is 3.72. The molecule has 1 aromatic carbocycles. The molecule has 2 N–H and O–H groups in total. The number of benzene rings is 1. The van der Waals surface area contributed by atoms with Crippen molar-refractivity contribution in [3.05, 3.63) is 22.7 Å². The van der Waals surface area contributed by atoms with Gasteiger partial charge in [-0.2, -0.15) is 0 Å². The Morgan fingerprint density at radius 2 is 1.88 bits per heavy atom. The minimum atomic E-state index is -1.43. The summed E-state index contributed by atoms with van der Waals surface area (Å²) in [6.07, 6.45) is 0. The fourth-order valence-corrected chi connectivity index (χ4v) is 2.25. The van der Waals surface area contributed by atoms with Crippen LogP contribution in [0.4, 0.5) is 5.69 Å². The predicted molar refractivity (Wildman–Crippen MR) is 67.0 cm³/mol. The van der Waals surface area contributed by atoms with Crippen LogP contribution < -0.4 is 10.4 Å². The van der Waals surface area contributed by atoms with E-state index in [0.717, 1.165) is 23.2 Å². The summed E-state index contributed by atoms with van der Waals surface area (Å²) in [5.41, 5.74) is 1.48. The normalized spacial score (nSPS) is 16.3. The van der Waals surface area contributed by atoms with Gasteiger partial charge in [0.1, 0.15) is 0 Å². The molecule has 0 aromatic heterocycles. The van der Waals surface area contributed by atoms with Gasteiger partial charge in [0.15, 0.2) is 0 Å². The van der Waals surface area contributed by atoms with Gasteiger partial charge < -0.3 is 19.7 Å². The standard InChI is InChI=1S/C10H13BBrNO3/c12-9-5-8(11(14)15)6-10(7-9)13-1-3-16-4-2-13/h5-7,14-15H,1-4H2. The summed E-state index contributed by atoms with van der Waals surface area (Å²) in [5.74, 6) is 0. The maximum Gasteiger partial charge on any atom is 0.488 e. The molecule has 2 rings (SSSR count). The van der Waals surface area contributed by atoms with Crippen LogP contribution in [0.15, 0.2) is 22.7 Å². The van der Waals surface area contributed by atoms with Crippen molar-refractivity contribution < 1.29 is 14.8 Å². The molecule has 6 heteroatoms. The van der Waals surface area contributed by atoms with Crippen LogP contribution in [0.25, 0.3) is 0 Å². The molecular formula is C10H13BBrNO3.